The monoisotopic (exact) mass is 438 g/mol. The minimum absolute atomic E-state index is 0.180. The molecule has 1 heterocycles. The van der Waals surface area contributed by atoms with Gasteiger partial charge in [0.05, 0.1) is 27.5 Å². The molecular formula is C24H30N4O4. The van der Waals surface area contributed by atoms with Crippen molar-refractivity contribution >= 4 is 12.1 Å². The maximum absolute atomic E-state index is 12.6. The van der Waals surface area contributed by atoms with Crippen molar-refractivity contribution in [2.45, 2.75) is 43.9 Å². The fourth-order valence-corrected chi connectivity index (χ4v) is 6.55. The van der Waals surface area contributed by atoms with E-state index >= 15 is 0 Å². The first-order valence-electron chi connectivity index (χ1n) is 11.2. The minimum Gasteiger partial charge on any atom is -0.493 e. The van der Waals surface area contributed by atoms with Crippen molar-refractivity contribution < 1.29 is 19.0 Å². The topological polar surface area (TPSA) is 97.8 Å². The fourth-order valence-electron chi connectivity index (χ4n) is 6.55. The molecule has 4 aliphatic rings. The van der Waals surface area contributed by atoms with E-state index in [0.29, 0.717) is 28.5 Å². The van der Waals surface area contributed by atoms with Gasteiger partial charge >= 0.3 is 0 Å². The van der Waals surface area contributed by atoms with E-state index in [-0.39, 0.29) is 11.3 Å². The largest absolute Gasteiger partial charge is 0.493 e. The Labute approximate surface area is 187 Å². The van der Waals surface area contributed by atoms with Gasteiger partial charge in [-0.1, -0.05) is 0 Å². The summed E-state index contributed by atoms with van der Waals surface area (Å²) >= 11 is 0. The van der Waals surface area contributed by atoms with Crippen LogP contribution in [0.3, 0.4) is 0 Å². The van der Waals surface area contributed by atoms with Gasteiger partial charge in [0, 0.05) is 16.7 Å². The van der Waals surface area contributed by atoms with Crippen LogP contribution in [0.15, 0.2) is 23.3 Å². The van der Waals surface area contributed by atoms with Crippen molar-refractivity contribution in [1.29, 1.82) is 0 Å². The summed E-state index contributed by atoms with van der Waals surface area (Å²) in [6.45, 7) is 0. The van der Waals surface area contributed by atoms with Crippen LogP contribution in [-0.2, 0) is 5.41 Å². The van der Waals surface area contributed by atoms with E-state index in [1.807, 2.05) is 6.07 Å². The smallest absolute Gasteiger partial charge is 0.291 e. The highest BCUT2D eigenvalue weighted by molar-refractivity contribution is 5.93. The lowest BCUT2D eigenvalue weighted by molar-refractivity contribution is -0.00721. The van der Waals surface area contributed by atoms with Crippen molar-refractivity contribution in [2.75, 3.05) is 21.3 Å². The quantitative estimate of drug-likeness (QED) is 0.508. The van der Waals surface area contributed by atoms with E-state index in [4.69, 9.17) is 14.2 Å². The lowest BCUT2D eigenvalue weighted by Crippen LogP contribution is -2.48. The Bertz CT molecular complexity index is 984. The van der Waals surface area contributed by atoms with Crippen molar-refractivity contribution in [2.24, 2.45) is 22.9 Å². The summed E-state index contributed by atoms with van der Waals surface area (Å²) < 4.78 is 16.0. The number of aromatic amines is 1. The van der Waals surface area contributed by atoms with Crippen LogP contribution in [-0.4, -0.2) is 43.6 Å². The van der Waals surface area contributed by atoms with E-state index in [1.54, 1.807) is 33.5 Å². The molecule has 4 fully saturated rings. The Morgan fingerprint density at radius 3 is 2.16 bits per heavy atom. The number of aromatic nitrogens is 2. The van der Waals surface area contributed by atoms with E-state index in [9.17, 15) is 4.79 Å². The van der Waals surface area contributed by atoms with Crippen LogP contribution in [0.4, 0.5) is 0 Å². The van der Waals surface area contributed by atoms with Crippen LogP contribution >= 0.6 is 0 Å². The molecule has 32 heavy (non-hydrogen) atoms. The van der Waals surface area contributed by atoms with Crippen LogP contribution in [0, 0.1) is 17.8 Å². The van der Waals surface area contributed by atoms with Gasteiger partial charge in [-0.2, -0.15) is 10.2 Å². The standard InChI is InChI=1S/C24H30N4O4/c1-30-19-7-17(8-20(31-2)22(19)32-3)13-25-28-23(29)18-9-21(27-26-18)24-10-14-4-15(11-24)6-16(5-14)12-24/h7-9,13-16H,4-6,10-12H2,1-3H3,(H,26,27)(H,28,29). The number of hydrogen-bond acceptors (Lipinski definition) is 6. The van der Waals surface area contributed by atoms with Crippen LogP contribution < -0.4 is 19.6 Å². The number of carbonyl (C=O) groups excluding carboxylic acids is 1. The number of nitrogens with one attached hydrogen (secondary N) is 2. The summed E-state index contributed by atoms with van der Waals surface area (Å²) in [5, 5.41) is 11.6. The Balaban J connectivity index is 1.28. The number of hydrazone groups is 1. The molecule has 4 saturated carbocycles. The van der Waals surface area contributed by atoms with E-state index in [2.05, 4.69) is 20.7 Å². The molecule has 4 bridgehead atoms. The number of H-pyrrole nitrogens is 1. The molecule has 8 nitrogen and oxygen atoms in total. The van der Waals surface area contributed by atoms with Gasteiger partial charge in [0.15, 0.2) is 17.2 Å². The molecule has 0 saturated heterocycles. The first kappa shape index (κ1) is 20.8. The summed E-state index contributed by atoms with van der Waals surface area (Å²) in [6, 6.07) is 5.45. The first-order valence-corrected chi connectivity index (χ1v) is 11.2. The van der Waals surface area contributed by atoms with Crippen LogP contribution in [0.1, 0.15) is 60.3 Å². The second-order valence-corrected chi connectivity index (χ2v) is 9.52. The molecule has 0 spiro atoms. The molecule has 1 aromatic carbocycles. The summed E-state index contributed by atoms with van der Waals surface area (Å²) in [5.74, 6) is 3.73. The highest BCUT2D eigenvalue weighted by Gasteiger charge is 2.52. The molecule has 0 radical (unpaired) electrons. The molecule has 0 atom stereocenters. The number of benzene rings is 1. The number of carbonyl (C=O) groups is 1. The fraction of sp³-hybridized carbons (Fsp3) is 0.542. The van der Waals surface area contributed by atoms with Gasteiger partial charge in [0.1, 0.15) is 0 Å². The summed E-state index contributed by atoms with van der Waals surface area (Å²) in [5.41, 5.74) is 4.95. The van der Waals surface area contributed by atoms with Crippen LogP contribution in [0.25, 0.3) is 0 Å². The highest BCUT2D eigenvalue weighted by Crippen LogP contribution is 2.60. The average Bonchev–Trinajstić information content (AvgIpc) is 3.29. The molecule has 0 unspecified atom stereocenters. The van der Waals surface area contributed by atoms with E-state index in [0.717, 1.165) is 23.4 Å². The van der Waals surface area contributed by atoms with E-state index < -0.39 is 0 Å². The molecule has 2 aromatic rings. The number of nitrogens with zero attached hydrogens (tertiary/aromatic N) is 2. The van der Waals surface area contributed by atoms with Crippen molar-refractivity contribution in [3.05, 3.63) is 35.2 Å². The van der Waals surface area contributed by atoms with E-state index in [1.165, 1.54) is 44.7 Å². The van der Waals surface area contributed by atoms with Gasteiger partial charge < -0.3 is 14.2 Å². The SMILES string of the molecule is COc1cc(C=NNC(=O)c2cc(C34CC5CC(CC(C5)C3)C4)[nH]n2)cc(OC)c1OC. The van der Waals surface area contributed by atoms with Crippen LogP contribution in [0.2, 0.25) is 0 Å². The second-order valence-electron chi connectivity index (χ2n) is 9.52. The number of amides is 1. The molecule has 1 aromatic heterocycles. The summed E-state index contributed by atoms with van der Waals surface area (Å²) in [6.07, 6.45) is 9.36. The third-order valence-corrected chi connectivity index (χ3v) is 7.49. The third kappa shape index (κ3) is 3.61. The maximum atomic E-state index is 12.6. The maximum Gasteiger partial charge on any atom is 0.291 e. The Kier molecular flexibility index (Phi) is 5.31. The minimum atomic E-state index is -0.332. The summed E-state index contributed by atoms with van der Waals surface area (Å²) in [7, 11) is 4.66. The zero-order valence-corrected chi connectivity index (χ0v) is 18.8. The zero-order chi connectivity index (χ0) is 22.3. The first-order chi connectivity index (χ1) is 15.5. The van der Waals surface area contributed by atoms with Crippen molar-refractivity contribution in [3.8, 4) is 17.2 Å². The predicted molar refractivity (Wildman–Crippen MR) is 120 cm³/mol. The summed E-state index contributed by atoms with van der Waals surface area (Å²) in [4.78, 5) is 12.6. The average molecular weight is 439 g/mol. The number of rotatable bonds is 7. The van der Waals surface area contributed by atoms with Gasteiger partial charge in [-0.3, -0.25) is 9.89 Å². The van der Waals surface area contributed by atoms with Gasteiger partial charge in [-0.05, 0) is 74.5 Å². The Morgan fingerprint density at radius 1 is 1.03 bits per heavy atom. The van der Waals surface area contributed by atoms with Gasteiger partial charge in [0.25, 0.3) is 5.91 Å². The number of ether oxygens (including phenoxy) is 3. The molecule has 2 N–H and O–H groups in total. The lowest BCUT2D eigenvalue weighted by Gasteiger charge is -2.56. The van der Waals surface area contributed by atoms with Gasteiger partial charge in [0.2, 0.25) is 5.75 Å². The molecular weight excluding hydrogens is 408 g/mol. The molecule has 8 heteroatoms. The molecule has 6 rings (SSSR count). The molecule has 1 amide bonds. The van der Waals surface area contributed by atoms with Gasteiger partial charge in [-0.25, -0.2) is 5.43 Å². The number of hydrogen-bond donors (Lipinski definition) is 2. The Hall–Kier alpha value is -3.03. The number of methoxy groups -OCH3 is 3. The normalized spacial score (nSPS) is 28.2. The Morgan fingerprint density at radius 2 is 1.62 bits per heavy atom. The second kappa shape index (κ2) is 8.15. The van der Waals surface area contributed by atoms with Crippen LogP contribution in [0.5, 0.6) is 17.2 Å². The molecule has 170 valence electrons. The van der Waals surface area contributed by atoms with Gasteiger partial charge in [-0.15, -0.1) is 0 Å². The third-order valence-electron chi connectivity index (χ3n) is 7.49. The molecule has 0 aliphatic heterocycles. The molecule has 4 aliphatic carbocycles. The van der Waals surface area contributed by atoms with Crippen molar-refractivity contribution in [3.63, 3.8) is 0 Å². The zero-order valence-electron chi connectivity index (χ0n) is 18.8. The predicted octanol–water partition coefficient (Wildman–Crippen LogP) is 3.67. The lowest BCUT2D eigenvalue weighted by atomic mass is 9.49. The highest BCUT2D eigenvalue weighted by atomic mass is 16.5. The van der Waals surface area contributed by atoms with Crippen molar-refractivity contribution in [1.82, 2.24) is 15.6 Å².